The molecule has 1 spiro atoms. The molecule has 1 aromatic rings. The van der Waals surface area contributed by atoms with Gasteiger partial charge in [-0.1, -0.05) is 5.92 Å². The zero-order valence-electron chi connectivity index (χ0n) is 14.4. The summed E-state index contributed by atoms with van der Waals surface area (Å²) in [6.07, 6.45) is 7.38. The Bertz CT molecular complexity index is 792. The van der Waals surface area contributed by atoms with E-state index in [1.165, 1.54) is 24.3 Å². The first kappa shape index (κ1) is 18.9. The van der Waals surface area contributed by atoms with E-state index in [4.69, 9.17) is 15.9 Å². The maximum absolute atomic E-state index is 12.5. The van der Waals surface area contributed by atoms with Crippen LogP contribution in [0.1, 0.15) is 29.6 Å². The Labute approximate surface area is 153 Å². The number of terminal acetylenes is 1. The van der Waals surface area contributed by atoms with Gasteiger partial charge in [-0.05, 0) is 37.1 Å². The topological polar surface area (TPSA) is 93.7 Å². The van der Waals surface area contributed by atoms with Crippen LogP contribution in [0.3, 0.4) is 0 Å². The van der Waals surface area contributed by atoms with Gasteiger partial charge in [-0.25, -0.2) is 8.42 Å². The molecule has 0 aromatic heterocycles. The molecule has 0 radical (unpaired) electrons. The van der Waals surface area contributed by atoms with Gasteiger partial charge in [-0.3, -0.25) is 4.79 Å². The van der Waals surface area contributed by atoms with Crippen LogP contribution in [0, 0.1) is 12.3 Å². The number of rotatable bonds is 5. The minimum absolute atomic E-state index is 0.0126. The Morgan fingerprint density at radius 3 is 2.73 bits per heavy atom. The third kappa shape index (κ3) is 4.24. The molecule has 0 aliphatic carbocycles. The fourth-order valence-electron chi connectivity index (χ4n) is 3.29. The summed E-state index contributed by atoms with van der Waals surface area (Å²) < 4.78 is 37.6. The lowest BCUT2D eigenvalue weighted by molar-refractivity contribution is -0.0881. The summed E-state index contributed by atoms with van der Waals surface area (Å²) >= 11 is 0. The van der Waals surface area contributed by atoms with Crippen LogP contribution < -0.4 is 10.0 Å². The van der Waals surface area contributed by atoms with Crippen LogP contribution >= 0.6 is 0 Å². The van der Waals surface area contributed by atoms with E-state index >= 15 is 0 Å². The van der Waals surface area contributed by atoms with Gasteiger partial charge in [0.05, 0.1) is 23.6 Å². The van der Waals surface area contributed by atoms with Gasteiger partial charge in [0, 0.05) is 31.2 Å². The van der Waals surface area contributed by atoms with E-state index < -0.39 is 10.0 Å². The Balaban J connectivity index is 1.62. The second-order valence-electron chi connectivity index (χ2n) is 6.55. The van der Waals surface area contributed by atoms with Crippen LogP contribution in [0.15, 0.2) is 29.2 Å². The van der Waals surface area contributed by atoms with Crippen molar-refractivity contribution in [3.05, 3.63) is 29.8 Å². The summed E-state index contributed by atoms with van der Waals surface area (Å²) in [7, 11) is -3.66. The molecule has 2 atom stereocenters. The van der Waals surface area contributed by atoms with E-state index in [0.717, 1.165) is 19.3 Å². The van der Waals surface area contributed by atoms with Crippen molar-refractivity contribution >= 4 is 15.9 Å². The molecule has 1 aromatic carbocycles. The molecule has 1 amide bonds. The highest BCUT2D eigenvalue weighted by atomic mass is 32.2. The van der Waals surface area contributed by atoms with E-state index in [9.17, 15) is 13.2 Å². The van der Waals surface area contributed by atoms with Gasteiger partial charge in [0.1, 0.15) is 0 Å². The van der Waals surface area contributed by atoms with Gasteiger partial charge >= 0.3 is 0 Å². The fraction of sp³-hybridized carbons (Fsp3) is 0.500. The third-order valence-corrected chi connectivity index (χ3v) is 6.10. The summed E-state index contributed by atoms with van der Waals surface area (Å²) in [5.41, 5.74) is 0.126. The zero-order chi connectivity index (χ0) is 18.6. The van der Waals surface area contributed by atoms with Gasteiger partial charge in [0.25, 0.3) is 5.91 Å². The van der Waals surface area contributed by atoms with Crippen molar-refractivity contribution in [2.24, 2.45) is 0 Å². The van der Waals surface area contributed by atoms with E-state index in [0.29, 0.717) is 25.4 Å². The number of benzene rings is 1. The average molecular weight is 378 g/mol. The van der Waals surface area contributed by atoms with Crippen molar-refractivity contribution in [2.75, 3.05) is 26.4 Å². The number of carbonyl (C=O) groups is 1. The van der Waals surface area contributed by atoms with Crippen molar-refractivity contribution in [2.45, 2.75) is 35.8 Å². The maximum Gasteiger partial charge on any atom is 0.251 e. The molecule has 2 aliphatic heterocycles. The summed E-state index contributed by atoms with van der Waals surface area (Å²) in [4.78, 5) is 12.5. The first-order valence-electron chi connectivity index (χ1n) is 8.50. The van der Waals surface area contributed by atoms with Crippen LogP contribution in [-0.4, -0.2) is 52.3 Å². The molecule has 2 N–H and O–H groups in total. The molecule has 2 heterocycles. The van der Waals surface area contributed by atoms with Crippen molar-refractivity contribution < 1.29 is 22.7 Å². The van der Waals surface area contributed by atoms with Crippen molar-refractivity contribution in [3.63, 3.8) is 0 Å². The molecule has 2 fully saturated rings. The van der Waals surface area contributed by atoms with Crippen LogP contribution in [0.4, 0.5) is 0 Å². The predicted octanol–water partition coefficient (Wildman–Crippen LogP) is 0.666. The van der Waals surface area contributed by atoms with Crippen molar-refractivity contribution in [1.82, 2.24) is 10.0 Å². The zero-order valence-corrected chi connectivity index (χ0v) is 15.2. The molecular formula is C18H22N2O5S. The average Bonchev–Trinajstić information content (AvgIpc) is 3.07. The van der Waals surface area contributed by atoms with Gasteiger partial charge in [-0.15, -0.1) is 6.42 Å². The Morgan fingerprint density at radius 2 is 2.08 bits per heavy atom. The van der Waals surface area contributed by atoms with Crippen LogP contribution in [-0.2, 0) is 19.5 Å². The summed E-state index contributed by atoms with van der Waals surface area (Å²) in [6.45, 7) is 1.76. The van der Waals surface area contributed by atoms with Crippen molar-refractivity contribution in [1.29, 1.82) is 0 Å². The quantitative estimate of drug-likeness (QED) is 0.735. The Kier molecular flexibility index (Phi) is 5.63. The smallest absolute Gasteiger partial charge is 0.251 e. The molecule has 7 nitrogen and oxygen atoms in total. The highest BCUT2D eigenvalue weighted by Crippen LogP contribution is 2.32. The lowest BCUT2D eigenvalue weighted by Gasteiger charge is -2.37. The normalized spacial score (nSPS) is 25.7. The van der Waals surface area contributed by atoms with Crippen LogP contribution in [0.25, 0.3) is 0 Å². The Hall–Kier alpha value is -1.92. The third-order valence-electron chi connectivity index (χ3n) is 4.69. The van der Waals surface area contributed by atoms with Crippen LogP contribution in [0.5, 0.6) is 0 Å². The number of amides is 1. The monoisotopic (exact) mass is 378 g/mol. The maximum atomic E-state index is 12.5. The molecule has 0 unspecified atom stereocenters. The number of sulfonamides is 1. The summed E-state index contributed by atoms with van der Waals surface area (Å²) in [5, 5.41) is 3.01. The molecule has 3 rings (SSSR count). The van der Waals surface area contributed by atoms with Gasteiger partial charge in [0.15, 0.2) is 0 Å². The minimum atomic E-state index is -3.66. The Morgan fingerprint density at radius 1 is 1.31 bits per heavy atom. The number of hydrogen-bond donors (Lipinski definition) is 2. The van der Waals surface area contributed by atoms with Gasteiger partial charge < -0.3 is 14.8 Å². The molecule has 2 aliphatic rings. The number of hydrogen-bond acceptors (Lipinski definition) is 5. The minimum Gasteiger partial charge on any atom is -0.378 e. The molecule has 0 bridgehead atoms. The standard InChI is InChI=1S/C18H22N2O5S/c1-2-9-19-26(22,23)16-5-3-14(4-6-16)17(21)20-15-7-10-25-18(12-15)8-11-24-13-18/h1,3-6,15,19H,7-13H2,(H,20,21)/t15-,18-/m1/s1. The number of ether oxygens (including phenoxy) is 2. The van der Waals surface area contributed by atoms with E-state index in [-0.39, 0.29) is 29.0 Å². The van der Waals surface area contributed by atoms with E-state index in [2.05, 4.69) is 16.0 Å². The van der Waals surface area contributed by atoms with Gasteiger partial charge in [-0.2, -0.15) is 4.72 Å². The highest BCUT2D eigenvalue weighted by molar-refractivity contribution is 7.89. The molecule has 140 valence electrons. The highest BCUT2D eigenvalue weighted by Gasteiger charge is 2.41. The van der Waals surface area contributed by atoms with Crippen molar-refractivity contribution in [3.8, 4) is 12.3 Å². The van der Waals surface area contributed by atoms with E-state index in [1.807, 2.05) is 0 Å². The second kappa shape index (κ2) is 7.76. The first-order valence-corrected chi connectivity index (χ1v) is 9.98. The van der Waals surface area contributed by atoms with Crippen LogP contribution in [0.2, 0.25) is 0 Å². The first-order chi connectivity index (χ1) is 12.4. The molecule has 0 saturated carbocycles. The lowest BCUT2D eigenvalue weighted by Crippen LogP contribution is -2.49. The van der Waals surface area contributed by atoms with Gasteiger partial charge in [0.2, 0.25) is 10.0 Å². The lowest BCUT2D eigenvalue weighted by atomic mass is 9.89. The molecular weight excluding hydrogens is 356 g/mol. The fourth-order valence-corrected chi connectivity index (χ4v) is 4.22. The second-order valence-corrected chi connectivity index (χ2v) is 8.32. The summed E-state index contributed by atoms with van der Waals surface area (Å²) in [5.74, 6) is 1.99. The number of carbonyl (C=O) groups excluding carboxylic acids is 1. The largest absolute Gasteiger partial charge is 0.378 e. The molecule has 26 heavy (non-hydrogen) atoms. The SMILES string of the molecule is C#CCNS(=O)(=O)c1ccc(C(=O)N[C@@H]2CCO[C@]3(CCOC3)C2)cc1. The summed E-state index contributed by atoms with van der Waals surface area (Å²) in [6, 6.07) is 5.79. The molecule has 8 heteroatoms. The predicted molar refractivity (Wildman–Crippen MR) is 95.1 cm³/mol. The van der Waals surface area contributed by atoms with E-state index in [1.54, 1.807) is 0 Å². The number of nitrogens with one attached hydrogen (secondary N) is 2. The molecule has 2 saturated heterocycles.